The zero-order valence-corrected chi connectivity index (χ0v) is 18.8. The van der Waals surface area contributed by atoms with Gasteiger partial charge in [-0.2, -0.15) is 0 Å². The molecular formula is C23H21ClN4O3S. The smallest absolute Gasteiger partial charge is 0.289 e. The molecule has 3 aromatic heterocycles. The van der Waals surface area contributed by atoms with Gasteiger partial charge < -0.3 is 14.2 Å². The van der Waals surface area contributed by atoms with E-state index in [1.807, 2.05) is 35.4 Å². The fourth-order valence-electron chi connectivity index (χ4n) is 3.88. The van der Waals surface area contributed by atoms with Gasteiger partial charge in [0.1, 0.15) is 0 Å². The molecule has 0 atom stereocenters. The Morgan fingerprint density at radius 2 is 1.81 bits per heavy atom. The van der Waals surface area contributed by atoms with Crippen molar-refractivity contribution in [1.29, 1.82) is 0 Å². The highest BCUT2D eigenvalue weighted by atomic mass is 35.5. The number of fused-ring (bicyclic) bond motifs is 1. The molecule has 0 spiro atoms. The summed E-state index contributed by atoms with van der Waals surface area (Å²) < 4.78 is 7.25. The Hall–Kier alpha value is -3.10. The third kappa shape index (κ3) is 4.16. The second-order valence-corrected chi connectivity index (χ2v) is 8.94. The van der Waals surface area contributed by atoms with E-state index in [9.17, 15) is 9.59 Å². The molecule has 0 bridgehead atoms. The Morgan fingerprint density at radius 1 is 1.06 bits per heavy atom. The number of hydrogen-bond acceptors (Lipinski definition) is 5. The first-order chi connectivity index (χ1) is 15.6. The molecule has 1 saturated heterocycles. The number of rotatable bonds is 5. The number of benzene rings is 1. The monoisotopic (exact) mass is 468 g/mol. The minimum Gasteiger partial charge on any atom is -0.459 e. The lowest BCUT2D eigenvalue weighted by molar-refractivity contribution is -0.132. The van der Waals surface area contributed by atoms with Gasteiger partial charge >= 0.3 is 0 Å². The predicted octanol–water partition coefficient (Wildman–Crippen LogP) is 4.23. The van der Waals surface area contributed by atoms with E-state index in [1.54, 1.807) is 28.4 Å². The van der Waals surface area contributed by atoms with Crippen LogP contribution in [0.4, 0.5) is 0 Å². The van der Waals surface area contributed by atoms with E-state index in [1.165, 1.54) is 6.26 Å². The summed E-state index contributed by atoms with van der Waals surface area (Å²) in [5.41, 5.74) is 2.96. The topological polar surface area (TPSA) is 71.1 Å². The van der Waals surface area contributed by atoms with Crippen LogP contribution in [0.1, 0.15) is 22.7 Å². The molecule has 7 nitrogen and oxygen atoms in total. The van der Waals surface area contributed by atoms with Gasteiger partial charge in [0.25, 0.3) is 5.91 Å². The van der Waals surface area contributed by atoms with E-state index in [0.29, 0.717) is 49.8 Å². The first-order valence-corrected chi connectivity index (χ1v) is 11.7. The van der Waals surface area contributed by atoms with Gasteiger partial charge in [0.2, 0.25) is 5.91 Å². The highest BCUT2D eigenvalue weighted by Crippen LogP contribution is 2.25. The van der Waals surface area contributed by atoms with Crippen LogP contribution in [-0.4, -0.2) is 57.2 Å². The highest BCUT2D eigenvalue weighted by molar-refractivity contribution is 7.15. The van der Waals surface area contributed by atoms with Crippen LogP contribution in [0, 0.1) is 0 Å². The lowest BCUT2D eigenvalue weighted by atomic mass is 10.2. The molecule has 0 N–H and O–H groups in total. The second kappa shape index (κ2) is 8.80. The van der Waals surface area contributed by atoms with Crippen molar-refractivity contribution in [3.8, 4) is 11.3 Å². The summed E-state index contributed by atoms with van der Waals surface area (Å²) in [6, 6.07) is 11.0. The lowest BCUT2D eigenvalue weighted by Crippen LogP contribution is -2.50. The highest BCUT2D eigenvalue weighted by Gasteiger charge is 2.26. The summed E-state index contributed by atoms with van der Waals surface area (Å²) in [7, 11) is 0. The minimum atomic E-state index is -0.126. The minimum absolute atomic E-state index is 0.104. The van der Waals surface area contributed by atoms with Gasteiger partial charge in [-0.15, -0.1) is 11.3 Å². The number of carbonyl (C=O) groups is 2. The van der Waals surface area contributed by atoms with Gasteiger partial charge in [-0.1, -0.05) is 23.7 Å². The van der Waals surface area contributed by atoms with Crippen molar-refractivity contribution >= 4 is 39.7 Å². The normalized spacial score (nSPS) is 14.3. The number of thiazole rings is 1. The molecule has 0 radical (unpaired) electrons. The average molecular weight is 469 g/mol. The van der Waals surface area contributed by atoms with Gasteiger partial charge in [-0.05, 0) is 30.7 Å². The van der Waals surface area contributed by atoms with Gasteiger partial charge in [-0.25, -0.2) is 4.98 Å². The third-order valence-electron chi connectivity index (χ3n) is 5.67. The molecule has 0 saturated carbocycles. The van der Waals surface area contributed by atoms with E-state index in [4.69, 9.17) is 21.0 Å². The maximum absolute atomic E-state index is 12.8. The molecule has 2 amide bonds. The van der Waals surface area contributed by atoms with Crippen LogP contribution in [0.5, 0.6) is 0 Å². The zero-order chi connectivity index (χ0) is 22.1. The number of aryl methyl sites for hydroxylation is 1. The van der Waals surface area contributed by atoms with Crippen molar-refractivity contribution in [2.45, 2.75) is 12.8 Å². The van der Waals surface area contributed by atoms with Crippen LogP contribution in [0.3, 0.4) is 0 Å². The summed E-state index contributed by atoms with van der Waals surface area (Å²) in [5.74, 6) is 0.316. The average Bonchev–Trinajstić information content (AvgIpc) is 3.56. The maximum atomic E-state index is 12.8. The quantitative estimate of drug-likeness (QED) is 0.439. The first kappa shape index (κ1) is 20.8. The molecule has 4 heterocycles. The number of aromatic nitrogens is 2. The van der Waals surface area contributed by atoms with Crippen LogP contribution >= 0.6 is 22.9 Å². The van der Waals surface area contributed by atoms with Crippen molar-refractivity contribution in [1.82, 2.24) is 19.2 Å². The zero-order valence-electron chi connectivity index (χ0n) is 17.2. The predicted molar refractivity (Wildman–Crippen MR) is 123 cm³/mol. The summed E-state index contributed by atoms with van der Waals surface area (Å²) >= 11 is 7.55. The lowest BCUT2D eigenvalue weighted by Gasteiger charge is -2.34. The Kier molecular flexibility index (Phi) is 5.71. The van der Waals surface area contributed by atoms with Gasteiger partial charge in [-0.3, -0.25) is 14.0 Å². The Balaban J connectivity index is 1.18. The number of hydrogen-bond donors (Lipinski definition) is 0. The van der Waals surface area contributed by atoms with E-state index in [-0.39, 0.29) is 11.8 Å². The molecule has 32 heavy (non-hydrogen) atoms. The van der Waals surface area contributed by atoms with Crippen molar-refractivity contribution in [3.05, 3.63) is 70.7 Å². The molecule has 164 valence electrons. The van der Waals surface area contributed by atoms with Crippen molar-refractivity contribution < 1.29 is 14.0 Å². The fraction of sp³-hybridized carbons (Fsp3) is 0.261. The number of halogens is 1. The molecule has 1 aliphatic heterocycles. The number of imidazole rings is 1. The van der Waals surface area contributed by atoms with Crippen LogP contribution < -0.4 is 0 Å². The Labute approximate surface area is 193 Å². The van der Waals surface area contributed by atoms with Crippen LogP contribution in [0.25, 0.3) is 16.2 Å². The van der Waals surface area contributed by atoms with Crippen molar-refractivity contribution in [3.63, 3.8) is 0 Å². The Bertz CT molecular complexity index is 1240. The largest absolute Gasteiger partial charge is 0.459 e. The van der Waals surface area contributed by atoms with Crippen LogP contribution in [-0.2, 0) is 11.2 Å². The maximum Gasteiger partial charge on any atom is 0.289 e. The van der Waals surface area contributed by atoms with E-state index >= 15 is 0 Å². The van der Waals surface area contributed by atoms with Crippen molar-refractivity contribution in [2.75, 3.05) is 26.2 Å². The molecule has 1 fully saturated rings. The van der Waals surface area contributed by atoms with Crippen molar-refractivity contribution in [2.24, 2.45) is 0 Å². The SMILES string of the molecule is O=C(CCc1csc2nc(-c3ccc(Cl)cc3)cn12)N1CCN(C(=O)c2ccco2)CC1. The summed E-state index contributed by atoms with van der Waals surface area (Å²) in [5, 5.41) is 2.75. The van der Waals surface area contributed by atoms with Crippen LogP contribution in [0.15, 0.2) is 58.7 Å². The third-order valence-corrected chi connectivity index (χ3v) is 6.81. The molecule has 1 aliphatic rings. The summed E-state index contributed by atoms with van der Waals surface area (Å²) in [6.07, 6.45) is 4.56. The molecule has 0 aliphatic carbocycles. The standard InChI is InChI=1S/C23H21ClN4O3S/c24-17-5-3-16(4-6-17)19-14-28-18(15-32-23(28)25-19)7-8-21(29)26-9-11-27(12-10-26)22(30)20-2-1-13-31-20/h1-6,13-15H,7-12H2. The Morgan fingerprint density at radius 3 is 2.53 bits per heavy atom. The molecule has 5 rings (SSSR count). The first-order valence-electron chi connectivity index (χ1n) is 10.4. The van der Waals surface area contributed by atoms with E-state index in [2.05, 4.69) is 9.78 Å². The molecule has 0 unspecified atom stereocenters. The number of nitrogens with zero attached hydrogens (tertiary/aromatic N) is 4. The van der Waals surface area contributed by atoms with E-state index in [0.717, 1.165) is 21.9 Å². The number of furan rings is 1. The number of piperazine rings is 1. The van der Waals surface area contributed by atoms with Gasteiger partial charge in [0.15, 0.2) is 10.7 Å². The molecule has 9 heteroatoms. The van der Waals surface area contributed by atoms with Gasteiger partial charge in [0.05, 0.1) is 12.0 Å². The number of amides is 2. The second-order valence-electron chi connectivity index (χ2n) is 7.66. The van der Waals surface area contributed by atoms with E-state index < -0.39 is 0 Å². The molecule has 4 aromatic rings. The molecular weight excluding hydrogens is 448 g/mol. The summed E-state index contributed by atoms with van der Waals surface area (Å²) in [6.45, 7) is 2.10. The van der Waals surface area contributed by atoms with Crippen LogP contribution in [0.2, 0.25) is 5.02 Å². The van der Waals surface area contributed by atoms with Gasteiger partial charge in [0, 0.05) is 60.5 Å². The molecule has 1 aromatic carbocycles. The number of carbonyl (C=O) groups excluding carboxylic acids is 2. The fourth-order valence-corrected chi connectivity index (χ4v) is 4.91. The summed E-state index contributed by atoms with van der Waals surface area (Å²) in [4.78, 5) is 34.3.